The number of carboxylic acid groups (broad SMARTS) is 1. The first-order valence-electron chi connectivity index (χ1n) is 4.99. The second-order valence-electron chi connectivity index (χ2n) is 3.54. The fourth-order valence-electron chi connectivity index (χ4n) is 1.63. The molecule has 2 aromatic heterocycles. The molecule has 94 valence electrons. The molecule has 0 radical (unpaired) electrons. The van der Waals surface area contributed by atoms with Crippen LogP contribution in [0.4, 0.5) is 0 Å². The summed E-state index contributed by atoms with van der Waals surface area (Å²) >= 11 is 3.28. The number of pyridine rings is 1. The average molecular weight is 313 g/mol. The van der Waals surface area contributed by atoms with Crippen molar-refractivity contribution in [1.29, 1.82) is 0 Å². The quantitative estimate of drug-likeness (QED) is 0.869. The molecule has 18 heavy (non-hydrogen) atoms. The van der Waals surface area contributed by atoms with E-state index in [1.807, 2.05) is 0 Å². The van der Waals surface area contributed by atoms with Crippen molar-refractivity contribution < 1.29 is 19.4 Å². The van der Waals surface area contributed by atoms with Gasteiger partial charge in [-0.2, -0.15) is 0 Å². The maximum atomic E-state index is 11.6. The minimum atomic E-state index is -1.02. The minimum Gasteiger partial charge on any atom is -0.481 e. The smallest absolute Gasteiger partial charge is 0.358 e. The highest BCUT2D eigenvalue weighted by atomic mass is 79.9. The monoisotopic (exact) mass is 312 g/mol. The minimum absolute atomic E-state index is 0.112. The summed E-state index contributed by atoms with van der Waals surface area (Å²) in [4.78, 5) is 26.3. The number of hydrogen-bond donors (Lipinski definition) is 1. The van der Waals surface area contributed by atoms with Crippen molar-refractivity contribution in [2.24, 2.45) is 0 Å². The highest BCUT2D eigenvalue weighted by Crippen LogP contribution is 2.18. The van der Waals surface area contributed by atoms with Crippen LogP contribution in [-0.2, 0) is 16.0 Å². The summed E-state index contributed by atoms with van der Waals surface area (Å²) < 4.78 is 6.94. The van der Waals surface area contributed by atoms with Crippen LogP contribution in [0.5, 0.6) is 0 Å². The third-order valence-electron chi connectivity index (χ3n) is 2.36. The molecule has 0 aliphatic rings. The number of imidazole rings is 1. The van der Waals surface area contributed by atoms with Crippen molar-refractivity contribution in [3.63, 3.8) is 0 Å². The van der Waals surface area contributed by atoms with Gasteiger partial charge in [-0.3, -0.25) is 4.79 Å². The summed E-state index contributed by atoms with van der Waals surface area (Å²) in [6.45, 7) is 0. The van der Waals surface area contributed by atoms with E-state index in [-0.39, 0.29) is 17.9 Å². The number of carbonyl (C=O) groups excluding carboxylic acids is 1. The molecule has 0 bridgehead atoms. The van der Waals surface area contributed by atoms with Crippen molar-refractivity contribution in [3.05, 3.63) is 34.3 Å². The number of ether oxygens (including phenoxy) is 1. The van der Waals surface area contributed by atoms with Gasteiger partial charge < -0.3 is 14.2 Å². The summed E-state index contributed by atoms with van der Waals surface area (Å²) in [6.07, 6.45) is 1.39. The van der Waals surface area contributed by atoms with E-state index in [0.29, 0.717) is 5.52 Å². The van der Waals surface area contributed by atoms with Crippen LogP contribution in [-0.4, -0.2) is 33.5 Å². The zero-order valence-corrected chi connectivity index (χ0v) is 11.0. The van der Waals surface area contributed by atoms with Gasteiger partial charge in [-0.25, -0.2) is 9.78 Å². The third-order valence-corrected chi connectivity index (χ3v) is 2.83. The second kappa shape index (κ2) is 4.77. The van der Waals surface area contributed by atoms with E-state index in [1.54, 1.807) is 22.7 Å². The Bertz CT molecular complexity index is 635. The molecule has 0 amide bonds. The number of carbonyl (C=O) groups is 2. The Labute approximate surface area is 110 Å². The van der Waals surface area contributed by atoms with Gasteiger partial charge in [-0.15, -0.1) is 0 Å². The Morgan fingerprint density at radius 2 is 2.22 bits per heavy atom. The van der Waals surface area contributed by atoms with Crippen molar-refractivity contribution in [2.45, 2.75) is 6.42 Å². The van der Waals surface area contributed by atoms with Crippen LogP contribution >= 0.6 is 15.9 Å². The molecule has 0 aromatic carbocycles. The lowest BCUT2D eigenvalue weighted by atomic mass is 10.3. The van der Waals surface area contributed by atoms with Gasteiger partial charge in [-0.1, -0.05) is 0 Å². The zero-order valence-electron chi connectivity index (χ0n) is 9.38. The molecular weight excluding hydrogens is 304 g/mol. The molecule has 1 N–H and O–H groups in total. The normalized spacial score (nSPS) is 10.6. The fourth-order valence-corrected chi connectivity index (χ4v) is 1.97. The maximum absolute atomic E-state index is 11.6. The van der Waals surface area contributed by atoms with E-state index in [0.717, 1.165) is 4.47 Å². The summed E-state index contributed by atoms with van der Waals surface area (Å²) in [5.74, 6) is -1.33. The van der Waals surface area contributed by atoms with Crippen molar-refractivity contribution in [3.8, 4) is 0 Å². The van der Waals surface area contributed by atoms with Crippen LogP contribution in [0.1, 0.15) is 16.3 Å². The summed E-state index contributed by atoms with van der Waals surface area (Å²) in [7, 11) is 1.25. The number of aliphatic carboxylic acids is 1. The first kappa shape index (κ1) is 12.6. The Morgan fingerprint density at radius 3 is 2.83 bits per heavy atom. The van der Waals surface area contributed by atoms with Gasteiger partial charge in [0.2, 0.25) is 0 Å². The zero-order chi connectivity index (χ0) is 13.3. The molecule has 2 rings (SSSR count). The number of carboxylic acids is 1. The van der Waals surface area contributed by atoms with Gasteiger partial charge >= 0.3 is 11.9 Å². The average Bonchev–Trinajstić information content (AvgIpc) is 2.66. The number of aromatic nitrogens is 2. The summed E-state index contributed by atoms with van der Waals surface area (Å²) in [5.41, 5.74) is 0.627. The number of fused-ring (bicyclic) bond motifs is 1. The Kier molecular flexibility index (Phi) is 3.33. The molecule has 0 fully saturated rings. The second-order valence-corrected chi connectivity index (χ2v) is 4.46. The predicted molar refractivity (Wildman–Crippen MR) is 65.6 cm³/mol. The molecule has 0 saturated carbocycles. The van der Waals surface area contributed by atoms with Gasteiger partial charge in [0.1, 0.15) is 12.2 Å². The first-order chi connectivity index (χ1) is 8.52. The van der Waals surface area contributed by atoms with E-state index in [1.165, 1.54) is 7.11 Å². The summed E-state index contributed by atoms with van der Waals surface area (Å²) in [5, 5.41) is 8.82. The molecule has 0 unspecified atom stereocenters. The highest BCUT2D eigenvalue weighted by molar-refractivity contribution is 9.10. The van der Waals surface area contributed by atoms with E-state index in [9.17, 15) is 9.59 Å². The van der Waals surface area contributed by atoms with Gasteiger partial charge in [0.25, 0.3) is 0 Å². The highest BCUT2D eigenvalue weighted by Gasteiger charge is 2.19. The number of hydrogen-bond acceptors (Lipinski definition) is 4. The van der Waals surface area contributed by atoms with Crippen LogP contribution in [0.25, 0.3) is 5.52 Å². The van der Waals surface area contributed by atoms with Gasteiger partial charge in [0.15, 0.2) is 5.69 Å². The van der Waals surface area contributed by atoms with Crippen molar-refractivity contribution in [1.82, 2.24) is 9.38 Å². The van der Waals surface area contributed by atoms with Gasteiger partial charge in [-0.05, 0) is 28.1 Å². The molecular formula is C11H9BrN2O4. The molecule has 0 aliphatic heterocycles. The standard InChI is InChI=1S/C11H9BrN2O4/c1-18-11(17)10-7-3-2-6(12)5-14(7)8(13-10)4-9(15)16/h2-3,5H,4H2,1H3,(H,15,16). The van der Waals surface area contributed by atoms with Crippen LogP contribution in [0.2, 0.25) is 0 Å². The number of esters is 1. The predicted octanol–water partition coefficient (Wildman–Crippen LogP) is 1.51. The Balaban J connectivity index is 2.66. The van der Waals surface area contributed by atoms with Crippen molar-refractivity contribution >= 4 is 33.4 Å². The first-order valence-corrected chi connectivity index (χ1v) is 5.79. The van der Waals surface area contributed by atoms with Gasteiger partial charge in [0.05, 0.1) is 12.6 Å². The van der Waals surface area contributed by atoms with E-state index < -0.39 is 11.9 Å². The lowest BCUT2D eigenvalue weighted by Gasteiger charge is -1.99. The lowest BCUT2D eigenvalue weighted by molar-refractivity contribution is -0.136. The molecule has 2 aromatic rings. The topological polar surface area (TPSA) is 80.9 Å². The molecule has 7 heteroatoms. The van der Waals surface area contributed by atoms with Crippen molar-refractivity contribution in [2.75, 3.05) is 7.11 Å². The van der Waals surface area contributed by atoms with Crippen LogP contribution in [0, 0.1) is 0 Å². The molecule has 0 saturated heterocycles. The van der Waals surface area contributed by atoms with E-state index in [4.69, 9.17) is 5.11 Å². The molecule has 2 heterocycles. The fraction of sp³-hybridized carbons (Fsp3) is 0.182. The third kappa shape index (κ3) is 2.21. The number of methoxy groups -OCH3 is 1. The van der Waals surface area contributed by atoms with Crippen LogP contribution in [0.15, 0.2) is 22.8 Å². The Hall–Kier alpha value is -1.89. The lowest BCUT2D eigenvalue weighted by Crippen LogP contribution is -2.05. The number of nitrogens with zero attached hydrogens (tertiary/aromatic N) is 2. The Morgan fingerprint density at radius 1 is 1.50 bits per heavy atom. The number of halogens is 1. The number of rotatable bonds is 3. The van der Waals surface area contributed by atoms with Crippen LogP contribution < -0.4 is 0 Å². The molecule has 0 spiro atoms. The largest absolute Gasteiger partial charge is 0.481 e. The van der Waals surface area contributed by atoms with Crippen LogP contribution in [0.3, 0.4) is 0 Å². The maximum Gasteiger partial charge on any atom is 0.358 e. The molecule has 0 aliphatic carbocycles. The van der Waals surface area contributed by atoms with E-state index >= 15 is 0 Å². The molecule has 6 nitrogen and oxygen atoms in total. The van der Waals surface area contributed by atoms with Gasteiger partial charge in [0, 0.05) is 10.7 Å². The summed E-state index contributed by atoms with van der Waals surface area (Å²) in [6, 6.07) is 3.42. The molecule has 0 atom stereocenters. The SMILES string of the molecule is COC(=O)c1nc(CC(=O)O)n2cc(Br)ccc12. The van der Waals surface area contributed by atoms with E-state index in [2.05, 4.69) is 25.7 Å².